The molecule has 1 aliphatic rings. The zero-order valence-electron chi connectivity index (χ0n) is 10.4. The Kier molecular flexibility index (Phi) is 3.93. The molecule has 2 N–H and O–H groups in total. The predicted octanol–water partition coefficient (Wildman–Crippen LogP) is 1.12. The SMILES string of the molecule is CC(C)(C)[C@@H](N)C(=O)N1CCC[C@@H](C#N)C1. The largest absolute Gasteiger partial charge is 0.340 e. The molecule has 0 bridgehead atoms. The van der Waals surface area contributed by atoms with Crippen LogP contribution in [0.5, 0.6) is 0 Å². The van der Waals surface area contributed by atoms with Gasteiger partial charge >= 0.3 is 0 Å². The highest BCUT2D eigenvalue weighted by molar-refractivity contribution is 5.82. The molecular weight excluding hydrogens is 202 g/mol. The second-order valence-electron chi connectivity index (χ2n) is 5.60. The molecule has 0 spiro atoms. The van der Waals surface area contributed by atoms with Crippen molar-refractivity contribution in [2.24, 2.45) is 17.1 Å². The number of carbonyl (C=O) groups excluding carboxylic acids is 1. The van der Waals surface area contributed by atoms with Gasteiger partial charge in [-0.15, -0.1) is 0 Å². The number of likely N-dealkylation sites (tertiary alicyclic amines) is 1. The number of nitrogens with zero attached hydrogens (tertiary/aromatic N) is 2. The lowest BCUT2D eigenvalue weighted by molar-refractivity contribution is -0.136. The van der Waals surface area contributed by atoms with Gasteiger partial charge in [0.1, 0.15) is 0 Å². The minimum absolute atomic E-state index is 0.0209. The predicted molar refractivity (Wildman–Crippen MR) is 62.3 cm³/mol. The molecule has 4 heteroatoms. The van der Waals surface area contributed by atoms with Crippen LogP contribution in [0.2, 0.25) is 0 Å². The van der Waals surface area contributed by atoms with Gasteiger partial charge in [-0.2, -0.15) is 5.26 Å². The van der Waals surface area contributed by atoms with Gasteiger partial charge in [-0.3, -0.25) is 4.79 Å². The van der Waals surface area contributed by atoms with Crippen LogP contribution in [-0.2, 0) is 4.79 Å². The van der Waals surface area contributed by atoms with Crippen LogP contribution in [0.25, 0.3) is 0 Å². The minimum atomic E-state index is -0.482. The third-order valence-electron chi connectivity index (χ3n) is 3.11. The summed E-state index contributed by atoms with van der Waals surface area (Å²) >= 11 is 0. The maximum absolute atomic E-state index is 12.1. The first-order chi connectivity index (χ1) is 7.36. The van der Waals surface area contributed by atoms with Gasteiger partial charge in [-0.05, 0) is 18.3 Å². The van der Waals surface area contributed by atoms with Gasteiger partial charge in [0.05, 0.1) is 18.0 Å². The number of amides is 1. The van der Waals surface area contributed by atoms with Crippen LogP contribution < -0.4 is 5.73 Å². The fraction of sp³-hybridized carbons (Fsp3) is 0.833. The highest BCUT2D eigenvalue weighted by Gasteiger charge is 2.33. The molecule has 1 heterocycles. The van der Waals surface area contributed by atoms with Crippen LogP contribution in [0.1, 0.15) is 33.6 Å². The Labute approximate surface area is 97.4 Å². The van der Waals surface area contributed by atoms with E-state index < -0.39 is 6.04 Å². The Balaban J connectivity index is 2.64. The zero-order valence-corrected chi connectivity index (χ0v) is 10.4. The summed E-state index contributed by atoms with van der Waals surface area (Å²) in [6.45, 7) is 7.16. The molecule has 0 aromatic carbocycles. The second kappa shape index (κ2) is 4.84. The van der Waals surface area contributed by atoms with Gasteiger partial charge in [0.25, 0.3) is 0 Å². The molecule has 90 valence electrons. The monoisotopic (exact) mass is 223 g/mol. The summed E-state index contributed by atoms with van der Waals surface area (Å²) in [5, 5.41) is 8.87. The summed E-state index contributed by atoms with van der Waals surface area (Å²) in [5.41, 5.74) is 5.71. The summed E-state index contributed by atoms with van der Waals surface area (Å²) in [6.07, 6.45) is 1.80. The highest BCUT2D eigenvalue weighted by atomic mass is 16.2. The molecule has 1 rings (SSSR count). The first-order valence-corrected chi connectivity index (χ1v) is 5.80. The number of hydrogen-bond acceptors (Lipinski definition) is 3. The van der Waals surface area contributed by atoms with Crippen molar-refractivity contribution in [1.82, 2.24) is 4.90 Å². The maximum atomic E-state index is 12.1. The van der Waals surface area contributed by atoms with Crippen LogP contribution in [-0.4, -0.2) is 29.9 Å². The van der Waals surface area contributed by atoms with Gasteiger partial charge in [0.15, 0.2) is 0 Å². The third kappa shape index (κ3) is 2.96. The average Bonchev–Trinajstić information content (AvgIpc) is 2.26. The first kappa shape index (κ1) is 13.0. The first-order valence-electron chi connectivity index (χ1n) is 5.80. The molecule has 16 heavy (non-hydrogen) atoms. The van der Waals surface area contributed by atoms with Crippen molar-refractivity contribution in [1.29, 1.82) is 5.26 Å². The van der Waals surface area contributed by atoms with E-state index in [-0.39, 0.29) is 17.2 Å². The smallest absolute Gasteiger partial charge is 0.240 e. The van der Waals surface area contributed by atoms with E-state index in [1.807, 2.05) is 20.8 Å². The summed E-state index contributed by atoms with van der Waals surface area (Å²) in [4.78, 5) is 13.8. The molecule has 0 aromatic heterocycles. The van der Waals surface area contributed by atoms with Crippen LogP contribution in [0.3, 0.4) is 0 Å². The fourth-order valence-electron chi connectivity index (χ4n) is 1.85. The summed E-state index contributed by atoms with van der Waals surface area (Å²) < 4.78 is 0. The number of nitriles is 1. The van der Waals surface area contributed by atoms with E-state index in [9.17, 15) is 4.79 Å². The standard InChI is InChI=1S/C12H21N3O/c1-12(2,3)10(14)11(16)15-6-4-5-9(7-13)8-15/h9-10H,4-6,8,14H2,1-3H3/t9-,10-/m0/s1. The summed E-state index contributed by atoms with van der Waals surface area (Å²) in [6, 6.07) is 1.75. The van der Waals surface area contributed by atoms with Gasteiger partial charge in [-0.25, -0.2) is 0 Å². The summed E-state index contributed by atoms with van der Waals surface area (Å²) in [7, 11) is 0. The molecule has 1 aliphatic heterocycles. The van der Waals surface area contributed by atoms with Crippen molar-refractivity contribution in [3.8, 4) is 6.07 Å². The van der Waals surface area contributed by atoms with Gasteiger partial charge in [0.2, 0.25) is 5.91 Å². The van der Waals surface area contributed by atoms with Crippen molar-refractivity contribution in [2.75, 3.05) is 13.1 Å². The van der Waals surface area contributed by atoms with Crippen LogP contribution in [0.4, 0.5) is 0 Å². The van der Waals surface area contributed by atoms with Crippen LogP contribution in [0.15, 0.2) is 0 Å². The number of piperidine rings is 1. The van der Waals surface area contributed by atoms with E-state index >= 15 is 0 Å². The molecule has 0 aliphatic carbocycles. The number of carbonyl (C=O) groups is 1. The van der Waals surface area contributed by atoms with E-state index in [1.54, 1.807) is 4.90 Å². The lowest BCUT2D eigenvalue weighted by atomic mass is 9.86. The molecule has 0 unspecified atom stereocenters. The maximum Gasteiger partial charge on any atom is 0.240 e. The average molecular weight is 223 g/mol. The number of hydrogen-bond donors (Lipinski definition) is 1. The molecule has 1 fully saturated rings. The molecule has 1 amide bonds. The molecule has 2 atom stereocenters. The third-order valence-corrected chi connectivity index (χ3v) is 3.11. The molecule has 0 aromatic rings. The highest BCUT2D eigenvalue weighted by Crippen LogP contribution is 2.22. The molecule has 1 saturated heterocycles. The van der Waals surface area contributed by atoms with E-state index in [0.29, 0.717) is 6.54 Å². The quantitative estimate of drug-likeness (QED) is 0.724. The van der Waals surface area contributed by atoms with Crippen molar-refractivity contribution in [2.45, 2.75) is 39.7 Å². The van der Waals surface area contributed by atoms with E-state index in [0.717, 1.165) is 19.4 Å². The molecule has 0 saturated carbocycles. The van der Waals surface area contributed by atoms with Crippen molar-refractivity contribution < 1.29 is 4.79 Å². The van der Waals surface area contributed by atoms with E-state index in [1.165, 1.54) is 0 Å². The Bertz CT molecular complexity index is 300. The number of nitrogens with two attached hydrogens (primary N) is 1. The van der Waals surface area contributed by atoms with Crippen LogP contribution >= 0.6 is 0 Å². The molecule has 0 radical (unpaired) electrons. The van der Waals surface area contributed by atoms with E-state index in [2.05, 4.69) is 6.07 Å². The Morgan fingerprint density at radius 1 is 1.56 bits per heavy atom. The zero-order chi connectivity index (χ0) is 12.3. The molecule has 4 nitrogen and oxygen atoms in total. The Hall–Kier alpha value is -1.08. The van der Waals surface area contributed by atoms with Crippen molar-refractivity contribution in [3.63, 3.8) is 0 Å². The number of rotatable bonds is 1. The molecular formula is C12H21N3O. The lowest BCUT2D eigenvalue weighted by Gasteiger charge is -2.35. The Morgan fingerprint density at radius 3 is 2.69 bits per heavy atom. The van der Waals surface area contributed by atoms with E-state index in [4.69, 9.17) is 11.0 Å². The summed E-state index contributed by atoms with van der Waals surface area (Å²) in [5.74, 6) is -0.0441. The van der Waals surface area contributed by atoms with Crippen LogP contribution in [0, 0.1) is 22.7 Å². The lowest BCUT2D eigenvalue weighted by Crippen LogP contribution is -2.52. The van der Waals surface area contributed by atoms with Gasteiger partial charge in [0, 0.05) is 13.1 Å². The van der Waals surface area contributed by atoms with Crippen molar-refractivity contribution >= 4 is 5.91 Å². The normalized spacial score (nSPS) is 23.7. The topological polar surface area (TPSA) is 70.1 Å². The second-order valence-corrected chi connectivity index (χ2v) is 5.60. The fourth-order valence-corrected chi connectivity index (χ4v) is 1.85. The van der Waals surface area contributed by atoms with Gasteiger partial charge < -0.3 is 10.6 Å². The minimum Gasteiger partial charge on any atom is -0.340 e. The Morgan fingerprint density at radius 2 is 2.19 bits per heavy atom. The van der Waals surface area contributed by atoms with Gasteiger partial charge in [-0.1, -0.05) is 20.8 Å². The van der Waals surface area contributed by atoms with Crippen molar-refractivity contribution in [3.05, 3.63) is 0 Å².